The van der Waals surface area contributed by atoms with Crippen LogP contribution in [0.25, 0.3) is 0 Å². The van der Waals surface area contributed by atoms with Gasteiger partial charge in [0, 0.05) is 50.5 Å². The molecule has 0 unspecified atom stereocenters. The summed E-state index contributed by atoms with van der Waals surface area (Å²) in [7, 11) is 1.78. The zero-order valence-corrected chi connectivity index (χ0v) is 16.7. The SMILES string of the molecule is CN1CCN(CCNC(=O)[C@@H]2C[C@H]3CCCN3[C@]23C(=O)Nc2ccccc23)C1=O. The molecule has 0 saturated carbocycles. The number of para-hydroxylation sites is 1. The van der Waals surface area contributed by atoms with Crippen LogP contribution in [0.2, 0.25) is 0 Å². The highest BCUT2D eigenvalue weighted by Gasteiger charge is 2.65. The van der Waals surface area contributed by atoms with Gasteiger partial charge in [0.15, 0.2) is 0 Å². The third-order valence-corrected chi connectivity index (χ3v) is 7.07. The van der Waals surface area contributed by atoms with Crippen molar-refractivity contribution in [2.45, 2.75) is 30.8 Å². The van der Waals surface area contributed by atoms with Crippen molar-refractivity contribution in [1.82, 2.24) is 20.0 Å². The Labute approximate surface area is 170 Å². The van der Waals surface area contributed by atoms with Crippen molar-refractivity contribution >= 4 is 23.5 Å². The zero-order valence-electron chi connectivity index (χ0n) is 16.7. The summed E-state index contributed by atoms with van der Waals surface area (Å²) in [5.74, 6) is -0.598. The first-order valence-corrected chi connectivity index (χ1v) is 10.5. The van der Waals surface area contributed by atoms with Gasteiger partial charge in [-0.3, -0.25) is 14.5 Å². The molecule has 4 aliphatic heterocycles. The fourth-order valence-corrected chi connectivity index (χ4v) is 5.73. The Bertz CT molecular complexity index is 874. The fraction of sp³-hybridized carbons (Fsp3) is 0.571. The molecule has 4 heterocycles. The van der Waals surface area contributed by atoms with Crippen LogP contribution in [0.15, 0.2) is 24.3 Å². The standard InChI is InChI=1S/C21H27N5O3/c1-24-11-12-25(20(24)29)10-8-22-18(27)16-13-14-5-4-9-26(14)21(16)15-6-2-3-7-17(15)23-19(21)28/h2-3,6-7,14,16H,4-5,8-13H2,1H3,(H,22,27)(H,23,28)/t14-,16+,21+/m1/s1. The topological polar surface area (TPSA) is 85.0 Å². The number of benzene rings is 1. The largest absolute Gasteiger partial charge is 0.354 e. The normalized spacial score (nSPS) is 30.8. The van der Waals surface area contributed by atoms with Gasteiger partial charge >= 0.3 is 6.03 Å². The van der Waals surface area contributed by atoms with E-state index in [9.17, 15) is 14.4 Å². The van der Waals surface area contributed by atoms with E-state index in [4.69, 9.17) is 0 Å². The molecule has 0 aliphatic carbocycles. The second-order valence-corrected chi connectivity index (χ2v) is 8.53. The van der Waals surface area contributed by atoms with Gasteiger partial charge in [-0.15, -0.1) is 0 Å². The van der Waals surface area contributed by atoms with Crippen molar-refractivity contribution < 1.29 is 14.4 Å². The Balaban J connectivity index is 1.37. The van der Waals surface area contributed by atoms with Gasteiger partial charge in [0.2, 0.25) is 11.8 Å². The van der Waals surface area contributed by atoms with Gasteiger partial charge in [-0.25, -0.2) is 4.79 Å². The molecule has 1 aromatic rings. The maximum absolute atomic E-state index is 13.3. The minimum Gasteiger partial charge on any atom is -0.354 e. The molecular formula is C21H27N5O3. The molecule has 3 fully saturated rings. The monoisotopic (exact) mass is 397 g/mol. The van der Waals surface area contributed by atoms with Gasteiger partial charge < -0.3 is 20.4 Å². The molecule has 1 spiro atoms. The summed E-state index contributed by atoms with van der Waals surface area (Å²) < 4.78 is 0. The number of carbonyl (C=O) groups is 3. The summed E-state index contributed by atoms with van der Waals surface area (Å²) in [4.78, 5) is 44.3. The number of fused-ring (bicyclic) bond motifs is 4. The van der Waals surface area contributed by atoms with Crippen molar-refractivity contribution in [3.05, 3.63) is 29.8 Å². The molecule has 0 radical (unpaired) electrons. The first-order valence-electron chi connectivity index (χ1n) is 10.5. The number of carbonyl (C=O) groups excluding carboxylic acids is 3. The maximum atomic E-state index is 13.3. The molecule has 5 rings (SSSR count). The highest BCUT2D eigenvalue weighted by Crippen LogP contribution is 2.55. The van der Waals surface area contributed by atoms with Crippen LogP contribution in [0, 0.1) is 5.92 Å². The maximum Gasteiger partial charge on any atom is 0.319 e. The van der Waals surface area contributed by atoms with Crippen LogP contribution in [0.1, 0.15) is 24.8 Å². The first-order chi connectivity index (χ1) is 14.0. The lowest BCUT2D eigenvalue weighted by atomic mass is 9.78. The average molecular weight is 397 g/mol. The molecule has 29 heavy (non-hydrogen) atoms. The van der Waals surface area contributed by atoms with Crippen molar-refractivity contribution in [1.29, 1.82) is 0 Å². The lowest BCUT2D eigenvalue weighted by Gasteiger charge is -2.36. The molecule has 4 aliphatic rings. The molecule has 2 N–H and O–H groups in total. The Kier molecular flexibility index (Phi) is 4.27. The first kappa shape index (κ1) is 18.4. The Hall–Kier alpha value is -2.61. The van der Waals surface area contributed by atoms with E-state index >= 15 is 0 Å². The fourth-order valence-electron chi connectivity index (χ4n) is 5.73. The lowest BCUT2D eigenvalue weighted by Crippen LogP contribution is -2.54. The van der Waals surface area contributed by atoms with E-state index in [2.05, 4.69) is 15.5 Å². The van der Waals surface area contributed by atoms with E-state index in [1.165, 1.54) is 0 Å². The van der Waals surface area contributed by atoms with Crippen LogP contribution >= 0.6 is 0 Å². The van der Waals surface area contributed by atoms with Crippen LogP contribution < -0.4 is 10.6 Å². The van der Waals surface area contributed by atoms with Crippen molar-refractivity contribution in [2.75, 3.05) is 45.1 Å². The number of amides is 4. The Morgan fingerprint density at radius 3 is 2.86 bits per heavy atom. The molecule has 154 valence electrons. The predicted octanol–water partition coefficient (Wildman–Crippen LogP) is 0.802. The van der Waals surface area contributed by atoms with Gasteiger partial charge in [-0.05, 0) is 31.9 Å². The summed E-state index contributed by atoms with van der Waals surface area (Å²) in [6.45, 7) is 3.13. The molecular weight excluding hydrogens is 370 g/mol. The molecule has 8 nitrogen and oxygen atoms in total. The zero-order chi connectivity index (χ0) is 20.2. The lowest BCUT2D eigenvalue weighted by molar-refractivity contribution is -0.137. The highest BCUT2D eigenvalue weighted by molar-refractivity contribution is 6.09. The van der Waals surface area contributed by atoms with Crippen LogP contribution in [-0.4, -0.2) is 78.4 Å². The summed E-state index contributed by atoms with van der Waals surface area (Å²) >= 11 is 0. The Morgan fingerprint density at radius 1 is 1.24 bits per heavy atom. The number of nitrogens with one attached hydrogen (secondary N) is 2. The average Bonchev–Trinajstić information content (AvgIpc) is 3.44. The number of hydrogen-bond donors (Lipinski definition) is 2. The molecule has 0 bridgehead atoms. The second kappa shape index (κ2) is 6.73. The van der Waals surface area contributed by atoms with Crippen molar-refractivity contribution in [3.8, 4) is 0 Å². The smallest absolute Gasteiger partial charge is 0.319 e. The quantitative estimate of drug-likeness (QED) is 0.787. The second-order valence-electron chi connectivity index (χ2n) is 8.53. The van der Waals surface area contributed by atoms with Crippen LogP contribution in [0.3, 0.4) is 0 Å². The number of nitrogens with zero attached hydrogens (tertiary/aromatic N) is 3. The predicted molar refractivity (Wildman–Crippen MR) is 107 cm³/mol. The molecule has 4 amide bonds. The minimum absolute atomic E-state index is 0.00123. The molecule has 8 heteroatoms. The van der Waals surface area contributed by atoms with Gasteiger partial charge in [0.05, 0.1) is 5.92 Å². The third kappa shape index (κ3) is 2.58. The number of likely N-dealkylation sites (N-methyl/N-ethyl adjacent to an activating group) is 1. The van der Waals surface area contributed by atoms with Gasteiger partial charge in [0.25, 0.3) is 0 Å². The number of urea groups is 1. The van der Waals surface area contributed by atoms with Crippen LogP contribution in [0.5, 0.6) is 0 Å². The number of hydrogen-bond acceptors (Lipinski definition) is 4. The van der Waals surface area contributed by atoms with E-state index in [-0.39, 0.29) is 23.9 Å². The van der Waals surface area contributed by atoms with Gasteiger partial charge in [-0.2, -0.15) is 0 Å². The van der Waals surface area contributed by atoms with Crippen LogP contribution in [0.4, 0.5) is 10.5 Å². The number of rotatable bonds is 4. The molecule has 3 atom stereocenters. The van der Waals surface area contributed by atoms with Gasteiger partial charge in [0.1, 0.15) is 5.54 Å². The third-order valence-electron chi connectivity index (χ3n) is 7.07. The highest BCUT2D eigenvalue weighted by atomic mass is 16.2. The molecule has 0 aromatic heterocycles. The summed E-state index contributed by atoms with van der Waals surface area (Å²) in [5, 5.41) is 6.04. The summed E-state index contributed by atoms with van der Waals surface area (Å²) in [6.07, 6.45) is 2.77. The van der Waals surface area contributed by atoms with E-state index in [0.717, 1.165) is 30.6 Å². The summed E-state index contributed by atoms with van der Waals surface area (Å²) in [6, 6.07) is 8.00. The number of anilines is 1. The van der Waals surface area contributed by atoms with Crippen molar-refractivity contribution in [3.63, 3.8) is 0 Å². The summed E-state index contributed by atoms with van der Waals surface area (Å²) in [5.41, 5.74) is 0.824. The van der Waals surface area contributed by atoms with E-state index in [1.54, 1.807) is 16.8 Å². The Morgan fingerprint density at radius 2 is 2.07 bits per heavy atom. The molecule has 1 aromatic carbocycles. The van der Waals surface area contributed by atoms with Crippen molar-refractivity contribution in [2.24, 2.45) is 5.92 Å². The van der Waals surface area contributed by atoms with E-state index in [1.807, 2.05) is 24.3 Å². The molecule has 3 saturated heterocycles. The van der Waals surface area contributed by atoms with Gasteiger partial charge in [-0.1, -0.05) is 18.2 Å². The minimum atomic E-state index is -0.911. The van der Waals surface area contributed by atoms with Crippen LogP contribution in [-0.2, 0) is 15.1 Å². The van der Waals surface area contributed by atoms with E-state index in [0.29, 0.717) is 32.6 Å². The van der Waals surface area contributed by atoms with E-state index < -0.39 is 11.5 Å².